The average Bonchev–Trinajstić information content (AvgIpc) is 3.40. The summed E-state index contributed by atoms with van der Waals surface area (Å²) in [4.78, 5) is 12.3. The maximum atomic E-state index is 13.3. The number of carbonyl (C=O) groups excluding carboxylic acids is 1. The summed E-state index contributed by atoms with van der Waals surface area (Å²) in [6, 6.07) is 7.45. The summed E-state index contributed by atoms with van der Waals surface area (Å²) in [6.45, 7) is 3.07. The highest BCUT2D eigenvalue weighted by Gasteiger charge is 2.21. The molecule has 8 nitrogen and oxygen atoms in total. The lowest BCUT2D eigenvalue weighted by Gasteiger charge is -2.16. The number of ether oxygens (including phenoxy) is 2. The molecule has 0 saturated carbocycles. The predicted octanol–water partition coefficient (Wildman–Crippen LogP) is 4.22. The normalized spacial score (nSPS) is 16.1. The Kier molecular flexibility index (Phi) is 6.03. The lowest BCUT2D eigenvalue weighted by molar-refractivity contribution is -0.111. The summed E-state index contributed by atoms with van der Waals surface area (Å²) >= 11 is 0. The fourth-order valence-electron chi connectivity index (χ4n) is 3.25. The van der Waals surface area contributed by atoms with E-state index in [-0.39, 0.29) is 12.0 Å². The molecule has 31 heavy (non-hydrogen) atoms. The Bertz CT molecular complexity index is 1120. The van der Waals surface area contributed by atoms with E-state index in [1.54, 1.807) is 18.2 Å². The topological polar surface area (TPSA) is 108 Å². The van der Waals surface area contributed by atoms with Crippen molar-refractivity contribution in [3.05, 3.63) is 48.3 Å². The second kappa shape index (κ2) is 9.05. The highest BCUT2D eigenvalue weighted by molar-refractivity contribution is 6.03. The van der Waals surface area contributed by atoms with E-state index in [1.165, 1.54) is 18.2 Å². The number of aromatic hydroxyl groups is 1. The number of benzene rings is 2. The molecule has 0 radical (unpaired) electrons. The number of allylic oxidation sites excluding steroid dienone is 1. The Balaban J connectivity index is 1.67. The number of hydrogen-bond donors (Lipinski definition) is 4. The maximum absolute atomic E-state index is 13.3. The Morgan fingerprint density at radius 3 is 3.03 bits per heavy atom. The largest absolute Gasteiger partial charge is 0.505 e. The minimum atomic E-state index is -0.708. The van der Waals surface area contributed by atoms with Crippen molar-refractivity contribution in [1.82, 2.24) is 10.2 Å². The third-order valence-corrected chi connectivity index (χ3v) is 4.82. The molecule has 2 aromatic carbocycles. The Hall–Kier alpha value is -3.59. The first-order chi connectivity index (χ1) is 15.0. The van der Waals surface area contributed by atoms with Crippen LogP contribution in [0.2, 0.25) is 0 Å². The molecule has 1 saturated heterocycles. The minimum Gasteiger partial charge on any atom is -0.505 e. The van der Waals surface area contributed by atoms with Gasteiger partial charge in [0.25, 0.3) is 0 Å². The van der Waals surface area contributed by atoms with E-state index in [0.717, 1.165) is 18.9 Å². The van der Waals surface area contributed by atoms with Gasteiger partial charge in [-0.25, -0.2) is 4.39 Å². The lowest BCUT2D eigenvalue weighted by Crippen LogP contribution is -2.17. The van der Waals surface area contributed by atoms with Gasteiger partial charge < -0.3 is 25.2 Å². The van der Waals surface area contributed by atoms with Crippen LogP contribution in [0.4, 0.5) is 21.6 Å². The number of nitrogens with zero attached hydrogens (tertiary/aromatic N) is 1. The van der Waals surface area contributed by atoms with Crippen molar-refractivity contribution < 1.29 is 23.8 Å². The molecule has 1 amide bonds. The molecule has 1 aromatic heterocycles. The number of amides is 1. The highest BCUT2D eigenvalue weighted by atomic mass is 19.1. The number of aromatic nitrogens is 2. The van der Waals surface area contributed by atoms with Crippen molar-refractivity contribution >= 4 is 34.0 Å². The van der Waals surface area contributed by atoms with Gasteiger partial charge in [0.05, 0.1) is 24.4 Å². The molecule has 4 N–H and O–H groups in total. The van der Waals surface area contributed by atoms with Gasteiger partial charge in [0, 0.05) is 29.6 Å². The Morgan fingerprint density at radius 1 is 1.42 bits per heavy atom. The number of carbonyl (C=O) groups is 1. The summed E-state index contributed by atoms with van der Waals surface area (Å²) < 4.78 is 24.8. The van der Waals surface area contributed by atoms with Gasteiger partial charge in [0.2, 0.25) is 5.91 Å². The molecule has 2 heterocycles. The summed E-state index contributed by atoms with van der Waals surface area (Å²) in [5.41, 5.74) is 1.65. The van der Waals surface area contributed by atoms with E-state index in [4.69, 9.17) is 9.47 Å². The zero-order valence-electron chi connectivity index (χ0n) is 16.9. The van der Waals surface area contributed by atoms with E-state index >= 15 is 0 Å². The van der Waals surface area contributed by atoms with Crippen LogP contribution in [-0.4, -0.2) is 40.5 Å². The van der Waals surface area contributed by atoms with Gasteiger partial charge in [-0.2, -0.15) is 5.10 Å². The van der Waals surface area contributed by atoms with Gasteiger partial charge >= 0.3 is 0 Å². The molecular weight excluding hydrogens is 403 g/mol. The van der Waals surface area contributed by atoms with Crippen molar-refractivity contribution in [1.29, 1.82) is 0 Å². The monoisotopic (exact) mass is 426 g/mol. The van der Waals surface area contributed by atoms with Crippen LogP contribution >= 0.6 is 0 Å². The average molecular weight is 426 g/mol. The molecule has 1 aliphatic heterocycles. The fourth-order valence-corrected chi connectivity index (χ4v) is 3.25. The fraction of sp³-hybridized carbons (Fsp3) is 0.273. The molecule has 1 fully saturated rings. The summed E-state index contributed by atoms with van der Waals surface area (Å²) in [5, 5.41) is 23.4. The third kappa shape index (κ3) is 4.77. The van der Waals surface area contributed by atoms with Crippen molar-refractivity contribution in [3.8, 4) is 11.5 Å². The molecule has 1 aliphatic rings. The quantitative estimate of drug-likeness (QED) is 0.421. The van der Waals surface area contributed by atoms with Crippen molar-refractivity contribution in [3.63, 3.8) is 0 Å². The molecule has 3 aromatic rings. The van der Waals surface area contributed by atoms with Crippen LogP contribution in [0.5, 0.6) is 11.5 Å². The molecule has 162 valence electrons. The van der Waals surface area contributed by atoms with Crippen LogP contribution < -0.4 is 15.4 Å². The number of halogens is 1. The highest BCUT2D eigenvalue weighted by Crippen LogP contribution is 2.35. The Morgan fingerprint density at radius 2 is 2.29 bits per heavy atom. The van der Waals surface area contributed by atoms with Crippen molar-refractivity contribution in [2.75, 3.05) is 23.8 Å². The zero-order valence-corrected chi connectivity index (χ0v) is 16.9. The number of phenolic OH excluding ortho intramolecular Hbond substituents is 1. The Labute approximate surface area is 178 Å². The molecule has 0 spiro atoms. The van der Waals surface area contributed by atoms with Gasteiger partial charge in [0.15, 0.2) is 17.4 Å². The number of rotatable bonds is 7. The minimum absolute atomic E-state index is 0.0954. The number of anilines is 3. The SMILES string of the molecule is CCC=CC(=O)Nc1cc2c(Nc3ccc(F)c(O)c3)n[nH]c2cc1OC1CCOC1. The molecule has 0 aliphatic carbocycles. The van der Waals surface area contributed by atoms with E-state index < -0.39 is 11.6 Å². The lowest BCUT2D eigenvalue weighted by atomic mass is 10.2. The van der Waals surface area contributed by atoms with Crippen LogP contribution in [-0.2, 0) is 9.53 Å². The molecule has 4 rings (SSSR count). The number of H-pyrrole nitrogens is 1. The summed E-state index contributed by atoms with van der Waals surface area (Å²) in [6.07, 6.45) is 4.66. The van der Waals surface area contributed by atoms with E-state index in [0.29, 0.717) is 47.1 Å². The van der Waals surface area contributed by atoms with Gasteiger partial charge in [-0.1, -0.05) is 13.0 Å². The number of fused-ring (bicyclic) bond motifs is 1. The second-order valence-electron chi connectivity index (χ2n) is 7.16. The van der Waals surface area contributed by atoms with Crippen molar-refractivity contribution in [2.24, 2.45) is 0 Å². The first-order valence-electron chi connectivity index (χ1n) is 10.0. The standard InChI is InChI=1S/C22H23FN4O4/c1-2-3-4-21(29)25-18-10-15-17(11-20(18)31-14-7-8-30-12-14)26-27-22(15)24-13-5-6-16(23)19(28)9-13/h3-6,9-11,14,28H,2,7-8,12H2,1H3,(H,25,29)(H2,24,26,27). The zero-order chi connectivity index (χ0) is 21.8. The molecule has 0 bridgehead atoms. The number of hydrogen-bond acceptors (Lipinski definition) is 6. The van der Waals surface area contributed by atoms with E-state index in [2.05, 4.69) is 20.8 Å². The molecule has 9 heteroatoms. The first kappa shape index (κ1) is 20.7. The number of phenols is 1. The third-order valence-electron chi connectivity index (χ3n) is 4.82. The van der Waals surface area contributed by atoms with Crippen molar-refractivity contribution in [2.45, 2.75) is 25.9 Å². The van der Waals surface area contributed by atoms with E-state index in [1.807, 2.05) is 6.92 Å². The second-order valence-corrected chi connectivity index (χ2v) is 7.16. The van der Waals surface area contributed by atoms with Gasteiger partial charge in [0.1, 0.15) is 11.9 Å². The van der Waals surface area contributed by atoms with E-state index in [9.17, 15) is 14.3 Å². The van der Waals surface area contributed by atoms with Crippen LogP contribution in [0.25, 0.3) is 10.9 Å². The summed E-state index contributed by atoms with van der Waals surface area (Å²) in [5.74, 6) is -0.474. The molecule has 1 atom stereocenters. The molecular formula is C22H23FN4O4. The smallest absolute Gasteiger partial charge is 0.248 e. The predicted molar refractivity (Wildman–Crippen MR) is 115 cm³/mol. The summed E-state index contributed by atoms with van der Waals surface area (Å²) in [7, 11) is 0. The van der Waals surface area contributed by atoms with Gasteiger partial charge in [-0.05, 0) is 30.7 Å². The van der Waals surface area contributed by atoms with Crippen LogP contribution in [0, 0.1) is 5.82 Å². The van der Waals surface area contributed by atoms with Crippen LogP contribution in [0.3, 0.4) is 0 Å². The number of aromatic amines is 1. The molecule has 1 unspecified atom stereocenters. The first-order valence-corrected chi connectivity index (χ1v) is 10.0. The van der Waals surface area contributed by atoms with Crippen LogP contribution in [0.1, 0.15) is 19.8 Å². The van der Waals surface area contributed by atoms with Gasteiger partial charge in [-0.15, -0.1) is 0 Å². The number of nitrogens with one attached hydrogen (secondary N) is 3. The maximum Gasteiger partial charge on any atom is 0.248 e. The van der Waals surface area contributed by atoms with Crippen LogP contribution in [0.15, 0.2) is 42.5 Å². The van der Waals surface area contributed by atoms with Gasteiger partial charge in [-0.3, -0.25) is 9.89 Å².